The maximum Gasteiger partial charge on any atom is 0.136 e. The van der Waals surface area contributed by atoms with Crippen molar-refractivity contribution in [3.8, 4) is 0 Å². The topological polar surface area (TPSA) is 49.8 Å². The fourth-order valence-electron chi connectivity index (χ4n) is 2.23. The summed E-state index contributed by atoms with van der Waals surface area (Å²) in [6.45, 7) is 2.29. The zero-order valence-electron chi connectivity index (χ0n) is 13.1. The van der Waals surface area contributed by atoms with E-state index < -0.39 is 0 Å². The second-order valence-corrected chi connectivity index (χ2v) is 5.30. The summed E-state index contributed by atoms with van der Waals surface area (Å²) in [4.78, 5) is 8.61. The number of halogens is 2. The Bertz CT molecular complexity index is 835. The lowest BCUT2D eigenvalue weighted by molar-refractivity contribution is 0.627. The van der Waals surface area contributed by atoms with Crippen LogP contribution in [0, 0.1) is 18.6 Å². The SMILES string of the molecule is Cc1nc(NCc2ccc(F)cc2)cc(Nc2cccc(F)c2)n1. The molecule has 0 spiro atoms. The summed E-state index contributed by atoms with van der Waals surface area (Å²) in [5.41, 5.74) is 1.55. The van der Waals surface area contributed by atoms with E-state index in [-0.39, 0.29) is 11.6 Å². The molecule has 0 unspecified atom stereocenters. The van der Waals surface area contributed by atoms with Crippen molar-refractivity contribution >= 4 is 17.3 Å². The number of aromatic nitrogens is 2. The highest BCUT2D eigenvalue weighted by Crippen LogP contribution is 2.18. The Morgan fingerprint density at radius 1 is 0.875 bits per heavy atom. The Labute approximate surface area is 138 Å². The van der Waals surface area contributed by atoms with Gasteiger partial charge in [0, 0.05) is 18.3 Å². The minimum Gasteiger partial charge on any atom is -0.366 e. The Hall–Kier alpha value is -3.02. The van der Waals surface area contributed by atoms with Crippen LogP contribution in [-0.4, -0.2) is 9.97 Å². The minimum absolute atomic E-state index is 0.266. The average Bonchev–Trinajstić information content (AvgIpc) is 2.54. The third-order valence-corrected chi connectivity index (χ3v) is 3.32. The summed E-state index contributed by atoms with van der Waals surface area (Å²) < 4.78 is 26.2. The van der Waals surface area contributed by atoms with E-state index in [0.29, 0.717) is 29.7 Å². The van der Waals surface area contributed by atoms with E-state index in [1.165, 1.54) is 24.3 Å². The lowest BCUT2D eigenvalue weighted by Gasteiger charge is -2.10. The lowest BCUT2D eigenvalue weighted by Crippen LogP contribution is -2.05. The van der Waals surface area contributed by atoms with Crippen molar-refractivity contribution in [3.63, 3.8) is 0 Å². The predicted octanol–water partition coefficient (Wildman–Crippen LogP) is 4.42. The number of hydrogen-bond donors (Lipinski definition) is 2. The second-order valence-electron chi connectivity index (χ2n) is 5.30. The molecule has 0 fully saturated rings. The number of aryl methyl sites for hydroxylation is 1. The van der Waals surface area contributed by atoms with Gasteiger partial charge in [-0.1, -0.05) is 18.2 Å². The van der Waals surface area contributed by atoms with Crippen molar-refractivity contribution < 1.29 is 8.78 Å². The summed E-state index contributed by atoms with van der Waals surface area (Å²) in [6, 6.07) is 14.1. The zero-order chi connectivity index (χ0) is 16.9. The second kappa shape index (κ2) is 7.04. The first-order valence-electron chi connectivity index (χ1n) is 7.45. The van der Waals surface area contributed by atoms with Gasteiger partial charge >= 0.3 is 0 Å². The van der Waals surface area contributed by atoms with Crippen LogP contribution in [0.4, 0.5) is 26.1 Å². The first-order valence-corrected chi connectivity index (χ1v) is 7.45. The van der Waals surface area contributed by atoms with E-state index in [1.54, 1.807) is 37.3 Å². The summed E-state index contributed by atoms with van der Waals surface area (Å²) >= 11 is 0. The molecule has 3 rings (SSSR count). The van der Waals surface area contributed by atoms with Gasteiger partial charge < -0.3 is 10.6 Å². The Morgan fingerprint density at radius 3 is 2.38 bits per heavy atom. The maximum absolute atomic E-state index is 13.3. The first-order chi connectivity index (χ1) is 11.6. The van der Waals surface area contributed by atoms with Crippen LogP contribution in [0.25, 0.3) is 0 Å². The largest absolute Gasteiger partial charge is 0.366 e. The van der Waals surface area contributed by atoms with E-state index in [4.69, 9.17) is 0 Å². The van der Waals surface area contributed by atoms with Gasteiger partial charge in [-0.15, -0.1) is 0 Å². The third-order valence-electron chi connectivity index (χ3n) is 3.32. The van der Waals surface area contributed by atoms with Gasteiger partial charge in [-0.25, -0.2) is 18.7 Å². The Balaban J connectivity index is 1.72. The van der Waals surface area contributed by atoms with Crippen LogP contribution >= 0.6 is 0 Å². The molecule has 3 aromatic rings. The zero-order valence-corrected chi connectivity index (χ0v) is 13.1. The molecule has 4 nitrogen and oxygen atoms in total. The third kappa shape index (κ3) is 4.25. The molecule has 0 saturated heterocycles. The molecule has 0 radical (unpaired) electrons. The molecular formula is C18H16F2N4. The molecule has 2 N–H and O–H groups in total. The van der Waals surface area contributed by atoms with Crippen LogP contribution in [0.2, 0.25) is 0 Å². The van der Waals surface area contributed by atoms with Gasteiger partial charge in [-0.2, -0.15) is 0 Å². The van der Waals surface area contributed by atoms with Crippen LogP contribution in [0.3, 0.4) is 0 Å². The quantitative estimate of drug-likeness (QED) is 0.729. The molecule has 1 aromatic heterocycles. The van der Waals surface area contributed by atoms with Crippen LogP contribution < -0.4 is 10.6 Å². The van der Waals surface area contributed by atoms with Crippen molar-refractivity contribution in [2.75, 3.05) is 10.6 Å². The standard InChI is InChI=1S/C18H16F2N4/c1-12-22-17(21-11-13-5-7-14(19)8-6-13)10-18(23-12)24-16-4-2-3-15(20)9-16/h2-10H,11H2,1H3,(H2,21,22,23,24). The number of benzene rings is 2. The van der Waals surface area contributed by atoms with Gasteiger partial charge in [0.25, 0.3) is 0 Å². The van der Waals surface area contributed by atoms with Gasteiger partial charge in [0.15, 0.2) is 0 Å². The number of nitrogens with zero attached hydrogens (tertiary/aromatic N) is 2. The summed E-state index contributed by atoms with van der Waals surface area (Å²) in [5.74, 6) is 1.19. The van der Waals surface area contributed by atoms with Crippen LogP contribution in [0.5, 0.6) is 0 Å². The van der Waals surface area contributed by atoms with E-state index in [2.05, 4.69) is 20.6 Å². The molecule has 0 aliphatic carbocycles. The summed E-state index contributed by atoms with van der Waals surface area (Å²) in [5, 5.41) is 6.22. The highest BCUT2D eigenvalue weighted by molar-refractivity contribution is 5.59. The summed E-state index contributed by atoms with van der Waals surface area (Å²) in [7, 11) is 0. The Morgan fingerprint density at radius 2 is 1.62 bits per heavy atom. The molecule has 122 valence electrons. The van der Waals surface area contributed by atoms with Crippen LogP contribution in [0.1, 0.15) is 11.4 Å². The fourth-order valence-corrected chi connectivity index (χ4v) is 2.23. The number of rotatable bonds is 5. The lowest BCUT2D eigenvalue weighted by atomic mass is 10.2. The molecule has 0 amide bonds. The highest BCUT2D eigenvalue weighted by Gasteiger charge is 2.04. The molecule has 0 bridgehead atoms. The van der Waals surface area contributed by atoms with E-state index in [1.807, 2.05) is 0 Å². The molecule has 1 heterocycles. The van der Waals surface area contributed by atoms with Gasteiger partial charge in [-0.3, -0.25) is 0 Å². The number of anilines is 3. The van der Waals surface area contributed by atoms with Gasteiger partial charge in [-0.05, 0) is 42.8 Å². The van der Waals surface area contributed by atoms with E-state index in [0.717, 1.165) is 5.56 Å². The van der Waals surface area contributed by atoms with Crippen molar-refractivity contribution in [2.24, 2.45) is 0 Å². The van der Waals surface area contributed by atoms with Gasteiger partial charge in [0.05, 0.1) is 0 Å². The summed E-state index contributed by atoms with van der Waals surface area (Å²) in [6.07, 6.45) is 0. The molecule has 0 aliphatic heterocycles. The minimum atomic E-state index is -0.319. The van der Waals surface area contributed by atoms with Crippen molar-refractivity contribution in [2.45, 2.75) is 13.5 Å². The average molecular weight is 326 g/mol. The maximum atomic E-state index is 13.3. The monoisotopic (exact) mass is 326 g/mol. The molecule has 0 atom stereocenters. The fraction of sp³-hybridized carbons (Fsp3) is 0.111. The molecule has 0 aliphatic rings. The van der Waals surface area contributed by atoms with Crippen LogP contribution in [0.15, 0.2) is 54.6 Å². The Kier molecular flexibility index (Phi) is 4.65. The number of nitrogens with one attached hydrogen (secondary N) is 2. The first kappa shape index (κ1) is 15.9. The molecular weight excluding hydrogens is 310 g/mol. The smallest absolute Gasteiger partial charge is 0.136 e. The van der Waals surface area contributed by atoms with Crippen molar-refractivity contribution in [1.29, 1.82) is 0 Å². The molecule has 6 heteroatoms. The van der Waals surface area contributed by atoms with Gasteiger partial charge in [0.2, 0.25) is 0 Å². The molecule has 24 heavy (non-hydrogen) atoms. The number of hydrogen-bond acceptors (Lipinski definition) is 4. The van der Waals surface area contributed by atoms with Crippen LogP contribution in [-0.2, 0) is 6.54 Å². The van der Waals surface area contributed by atoms with Crippen molar-refractivity contribution in [1.82, 2.24) is 9.97 Å². The molecule has 0 saturated carbocycles. The normalized spacial score (nSPS) is 10.5. The van der Waals surface area contributed by atoms with E-state index in [9.17, 15) is 8.78 Å². The predicted molar refractivity (Wildman–Crippen MR) is 90.2 cm³/mol. The highest BCUT2D eigenvalue weighted by atomic mass is 19.1. The van der Waals surface area contributed by atoms with Crippen molar-refractivity contribution in [3.05, 3.63) is 77.6 Å². The molecule has 2 aromatic carbocycles. The van der Waals surface area contributed by atoms with E-state index >= 15 is 0 Å². The van der Waals surface area contributed by atoms with Gasteiger partial charge in [0.1, 0.15) is 29.1 Å².